The van der Waals surface area contributed by atoms with Crippen molar-refractivity contribution in [1.29, 1.82) is 0 Å². The molecule has 4 aromatic rings. The molecule has 2 aromatic carbocycles. The number of carbonyl (C=O) groups is 7. The van der Waals surface area contributed by atoms with Gasteiger partial charge in [0.2, 0.25) is 23.6 Å². The highest BCUT2D eigenvalue weighted by Crippen LogP contribution is 2.38. The summed E-state index contributed by atoms with van der Waals surface area (Å²) in [5, 5.41) is 29.5. The number of nitrogens with one attached hydrogen (secondary N) is 6. The molecule has 2 aromatic heterocycles. The van der Waals surface area contributed by atoms with Crippen molar-refractivity contribution >= 4 is 64.2 Å². The first-order valence-corrected chi connectivity index (χ1v) is 19.7. The Morgan fingerprint density at radius 2 is 1.68 bits per heavy atom. The summed E-state index contributed by atoms with van der Waals surface area (Å²) in [6.45, 7) is 1.18. The molecule has 20 heteroatoms. The third kappa shape index (κ3) is 9.06. The van der Waals surface area contributed by atoms with Gasteiger partial charge in [-0.1, -0.05) is 18.6 Å². The van der Waals surface area contributed by atoms with E-state index < -0.39 is 35.6 Å². The van der Waals surface area contributed by atoms with Crippen molar-refractivity contribution in [2.24, 2.45) is 5.92 Å². The quantitative estimate of drug-likeness (QED) is 0.0623. The monoisotopic (exact) mass is 820 g/mol. The van der Waals surface area contributed by atoms with E-state index >= 15 is 0 Å². The molecular formula is C40H44N12O8. The van der Waals surface area contributed by atoms with Crippen LogP contribution in [0.1, 0.15) is 82.6 Å². The van der Waals surface area contributed by atoms with Crippen molar-refractivity contribution in [2.45, 2.75) is 64.0 Å². The molecule has 1 saturated heterocycles. The number of hydrogen-bond donors (Lipinski definition) is 6. The summed E-state index contributed by atoms with van der Waals surface area (Å²) in [5.41, 5.74) is 2.27. The molecule has 3 aliphatic rings. The molecule has 20 nitrogen and oxygen atoms in total. The van der Waals surface area contributed by atoms with Gasteiger partial charge in [-0.05, 0) is 56.4 Å². The van der Waals surface area contributed by atoms with Crippen molar-refractivity contribution in [2.75, 3.05) is 43.2 Å². The summed E-state index contributed by atoms with van der Waals surface area (Å²) < 4.78 is 7.37. The van der Waals surface area contributed by atoms with Gasteiger partial charge in [-0.15, -0.1) is 10.2 Å². The first kappa shape index (κ1) is 40.9. The Labute approximate surface area is 343 Å². The number of piperidine rings is 1. The normalized spacial score (nSPS) is 15.9. The number of nitrogens with zero attached hydrogens (tertiary/aromatic N) is 6. The van der Waals surface area contributed by atoms with E-state index in [9.17, 15) is 33.6 Å². The second kappa shape index (κ2) is 18.1. The van der Waals surface area contributed by atoms with Gasteiger partial charge in [0.05, 0.1) is 41.7 Å². The van der Waals surface area contributed by atoms with Gasteiger partial charge < -0.3 is 31.3 Å². The molecule has 7 rings (SSSR count). The minimum atomic E-state index is -1.03. The number of fused-ring (bicyclic) bond motifs is 1. The Balaban J connectivity index is 0.867. The number of carbonyl (C=O) groups excluding carboxylic acids is 7. The van der Waals surface area contributed by atoms with E-state index in [4.69, 9.17) is 4.74 Å². The first-order chi connectivity index (χ1) is 29.1. The summed E-state index contributed by atoms with van der Waals surface area (Å²) in [6.07, 6.45) is 5.71. The highest BCUT2D eigenvalue weighted by molar-refractivity contribution is 6.25. The Hall–Kier alpha value is -7.25. The molecule has 1 saturated carbocycles. The number of rotatable bonds is 18. The maximum Gasteiger partial charge on any atom is 0.273 e. The molecule has 0 bridgehead atoms. The molecule has 312 valence electrons. The second-order valence-electron chi connectivity index (χ2n) is 14.4. The molecule has 1 unspecified atom stereocenters. The van der Waals surface area contributed by atoms with Gasteiger partial charge in [-0.3, -0.25) is 48.5 Å². The van der Waals surface area contributed by atoms with Crippen LogP contribution in [0.3, 0.4) is 0 Å². The lowest BCUT2D eigenvalue weighted by Crippen LogP contribution is -2.54. The fraction of sp³-hybridized carbons (Fsp3) is 0.375. The summed E-state index contributed by atoms with van der Waals surface area (Å²) in [5.74, 6) is -2.04. The van der Waals surface area contributed by atoms with Gasteiger partial charge in [0, 0.05) is 50.7 Å². The van der Waals surface area contributed by atoms with Gasteiger partial charge >= 0.3 is 0 Å². The lowest BCUT2D eigenvalue weighted by molar-refractivity contribution is -0.136. The maximum absolute atomic E-state index is 13.3. The van der Waals surface area contributed by atoms with Crippen LogP contribution < -0.4 is 36.6 Å². The molecule has 2 aliphatic heterocycles. The van der Waals surface area contributed by atoms with Crippen LogP contribution >= 0.6 is 0 Å². The molecule has 6 N–H and O–H groups in total. The largest absolute Gasteiger partial charge is 0.494 e. The van der Waals surface area contributed by atoms with E-state index in [-0.39, 0.29) is 53.2 Å². The molecule has 0 spiro atoms. The molecular weight excluding hydrogens is 777 g/mol. The van der Waals surface area contributed by atoms with Gasteiger partial charge in [0.25, 0.3) is 17.7 Å². The molecule has 1 aliphatic carbocycles. The maximum atomic E-state index is 13.3. The first-order valence-electron chi connectivity index (χ1n) is 19.7. The van der Waals surface area contributed by atoms with Crippen LogP contribution in [0.4, 0.5) is 22.9 Å². The van der Waals surface area contributed by atoms with Crippen molar-refractivity contribution in [3.05, 3.63) is 65.6 Å². The molecule has 1 atom stereocenters. The van der Waals surface area contributed by atoms with Crippen molar-refractivity contribution in [1.82, 2.24) is 45.8 Å². The third-order valence-corrected chi connectivity index (χ3v) is 10.2. The van der Waals surface area contributed by atoms with Gasteiger partial charge in [-0.2, -0.15) is 5.10 Å². The molecule has 60 heavy (non-hydrogen) atoms. The summed E-state index contributed by atoms with van der Waals surface area (Å²) in [4.78, 5) is 93.4. The van der Waals surface area contributed by atoms with Crippen LogP contribution in [0.2, 0.25) is 0 Å². The van der Waals surface area contributed by atoms with Crippen LogP contribution in [0.25, 0.3) is 11.4 Å². The van der Waals surface area contributed by atoms with Crippen LogP contribution in [0.5, 0.6) is 5.75 Å². The van der Waals surface area contributed by atoms with Crippen molar-refractivity contribution in [3.8, 4) is 17.1 Å². The van der Waals surface area contributed by atoms with Crippen LogP contribution in [0.15, 0.2) is 48.8 Å². The Bertz CT molecular complexity index is 2360. The Morgan fingerprint density at radius 1 is 0.900 bits per heavy atom. The fourth-order valence-corrected chi connectivity index (χ4v) is 6.98. The van der Waals surface area contributed by atoms with Crippen molar-refractivity contribution in [3.63, 3.8) is 0 Å². The number of methoxy groups -OCH3 is 1. The van der Waals surface area contributed by atoms with Crippen LogP contribution in [0, 0.1) is 5.92 Å². The predicted octanol–water partition coefficient (Wildman–Crippen LogP) is 2.39. The van der Waals surface area contributed by atoms with Crippen LogP contribution in [-0.2, 0) is 25.7 Å². The van der Waals surface area contributed by atoms with E-state index in [1.807, 2.05) is 0 Å². The topological polar surface area (TPSA) is 261 Å². The molecule has 4 heterocycles. The highest BCUT2D eigenvalue weighted by atomic mass is 16.5. The van der Waals surface area contributed by atoms with Gasteiger partial charge in [0.15, 0.2) is 23.1 Å². The van der Waals surface area contributed by atoms with E-state index in [0.29, 0.717) is 73.1 Å². The number of aromatic nitrogens is 5. The lowest BCUT2D eigenvalue weighted by Gasteiger charge is -2.27. The Kier molecular flexibility index (Phi) is 12.4. The van der Waals surface area contributed by atoms with E-state index in [1.165, 1.54) is 20.2 Å². The third-order valence-electron chi connectivity index (χ3n) is 10.2. The fourth-order valence-electron chi connectivity index (χ4n) is 6.98. The highest BCUT2D eigenvalue weighted by Gasteiger charge is 2.45. The predicted molar refractivity (Wildman–Crippen MR) is 215 cm³/mol. The average molecular weight is 821 g/mol. The summed E-state index contributed by atoms with van der Waals surface area (Å²) >= 11 is 0. The number of hydrogen-bond acceptors (Lipinski definition) is 14. The van der Waals surface area contributed by atoms with E-state index in [1.54, 1.807) is 47.4 Å². The molecule has 2 fully saturated rings. The van der Waals surface area contributed by atoms with E-state index in [0.717, 1.165) is 24.2 Å². The molecule has 7 amide bonds. The minimum absolute atomic E-state index is 0.0165. The summed E-state index contributed by atoms with van der Waals surface area (Å²) in [6, 6.07) is 10.7. The zero-order valence-corrected chi connectivity index (χ0v) is 33.0. The number of imide groups is 2. The summed E-state index contributed by atoms with van der Waals surface area (Å²) in [7, 11) is 2.98. The van der Waals surface area contributed by atoms with Gasteiger partial charge in [0.1, 0.15) is 12.4 Å². The second-order valence-corrected chi connectivity index (χ2v) is 14.4. The number of benzene rings is 2. The number of unbranched alkanes of at least 4 members (excludes halogenated alkanes) is 2. The van der Waals surface area contributed by atoms with Gasteiger partial charge in [-0.25, -0.2) is 4.98 Å². The smallest absolute Gasteiger partial charge is 0.273 e. The zero-order chi connectivity index (χ0) is 42.3. The van der Waals surface area contributed by atoms with E-state index in [2.05, 4.69) is 52.2 Å². The average Bonchev–Trinajstić information content (AvgIpc) is 3.94. The number of amides is 7. The minimum Gasteiger partial charge on any atom is -0.494 e. The lowest BCUT2D eigenvalue weighted by atomic mass is 10.0. The molecule has 0 radical (unpaired) electrons. The van der Waals surface area contributed by atoms with Crippen molar-refractivity contribution < 1.29 is 38.3 Å². The standard InChI is InChI=1S/C40H44N12O8/c1-41-38(57)33-27(20-29(48-49-33)46-36(55)22-13-14-22)45-26-11-7-9-24(34(26)60-2)35-44-21-51(50-35)19-18-43-30(53)12-4-3-5-17-42-25-10-6-8-23-32(25)40(59)52(39(23)58)28-15-16-31(54)47-37(28)56/h6-11,20-22,28,42H,3-5,12-19H2,1-2H3,(H,41,57)(H,43,53)(H,47,54,56)(H2,45,46,48,55). The SMILES string of the molecule is CNC(=O)c1nnc(NC(=O)C2CC2)cc1Nc1cccc(-c2ncn(CCNC(=O)CCCCCNc3cccc4c3C(=O)N(C3CCC(=O)NC3=O)C4=O)n2)c1OC. The number of anilines is 4. The number of para-hydroxylation sites is 1. The zero-order valence-electron chi connectivity index (χ0n) is 33.0. The Morgan fingerprint density at radius 3 is 2.43 bits per heavy atom. The number of ether oxygens (including phenoxy) is 1. The van der Waals surface area contributed by atoms with Crippen LogP contribution in [-0.4, -0.2) is 105 Å².